The number of anilines is 1. The van der Waals surface area contributed by atoms with Gasteiger partial charge in [0.05, 0.1) is 13.2 Å². The van der Waals surface area contributed by atoms with Gasteiger partial charge in [-0.05, 0) is 18.3 Å². The van der Waals surface area contributed by atoms with Gasteiger partial charge in [-0.3, -0.25) is 0 Å². The van der Waals surface area contributed by atoms with Crippen molar-refractivity contribution in [3.63, 3.8) is 0 Å². The van der Waals surface area contributed by atoms with Crippen molar-refractivity contribution in [2.45, 2.75) is 26.8 Å². The molecule has 1 aliphatic rings. The third kappa shape index (κ3) is 4.18. The van der Waals surface area contributed by atoms with Crippen molar-refractivity contribution in [2.75, 3.05) is 38.3 Å². The maximum absolute atomic E-state index is 5.70. The van der Waals surface area contributed by atoms with Crippen molar-refractivity contribution >= 4 is 6.01 Å². The number of nitrogens with one attached hydrogen (secondary N) is 1. The summed E-state index contributed by atoms with van der Waals surface area (Å²) in [5, 5.41) is 11.4. The maximum atomic E-state index is 5.70. The lowest BCUT2D eigenvalue weighted by Crippen LogP contribution is -2.38. The van der Waals surface area contributed by atoms with Crippen LogP contribution in [0.1, 0.15) is 26.2 Å². The fourth-order valence-electron chi connectivity index (χ4n) is 2.63. The number of piperidine rings is 1. The van der Waals surface area contributed by atoms with Crippen LogP contribution < -0.4 is 10.2 Å². The zero-order chi connectivity index (χ0) is 13.7. The fraction of sp³-hybridized carbons (Fsp3) is 0.846. The van der Waals surface area contributed by atoms with E-state index in [-0.39, 0.29) is 0 Å². The van der Waals surface area contributed by atoms with E-state index in [0.717, 1.165) is 19.6 Å². The standard InChI is InChI=1S/C13H24N4O2/c1-10-6-11(2)9-17(8-10)13-16-15-12(19-13)7-14-4-5-18-3/h10-11,14H,4-9H2,1-3H3. The number of methoxy groups -OCH3 is 1. The van der Waals surface area contributed by atoms with Gasteiger partial charge in [0.15, 0.2) is 0 Å². The summed E-state index contributed by atoms with van der Waals surface area (Å²) in [7, 11) is 1.69. The van der Waals surface area contributed by atoms with Crippen LogP contribution in [0.5, 0.6) is 0 Å². The number of aromatic nitrogens is 2. The normalized spacial score (nSPS) is 23.8. The van der Waals surface area contributed by atoms with Gasteiger partial charge < -0.3 is 19.4 Å². The average molecular weight is 268 g/mol. The maximum Gasteiger partial charge on any atom is 0.318 e. The van der Waals surface area contributed by atoms with E-state index in [1.807, 2.05) is 0 Å². The second-order valence-corrected chi connectivity index (χ2v) is 5.50. The van der Waals surface area contributed by atoms with Gasteiger partial charge in [-0.1, -0.05) is 18.9 Å². The topological polar surface area (TPSA) is 63.4 Å². The molecule has 0 radical (unpaired) electrons. The van der Waals surface area contributed by atoms with Crippen molar-refractivity contribution in [3.05, 3.63) is 5.89 Å². The first-order valence-corrected chi connectivity index (χ1v) is 6.96. The molecule has 2 unspecified atom stereocenters. The predicted octanol–water partition coefficient (Wildman–Crippen LogP) is 1.29. The van der Waals surface area contributed by atoms with Gasteiger partial charge in [0.1, 0.15) is 0 Å². The highest BCUT2D eigenvalue weighted by atomic mass is 16.5. The number of hydrogen-bond donors (Lipinski definition) is 1. The Morgan fingerprint density at radius 1 is 1.32 bits per heavy atom. The monoisotopic (exact) mass is 268 g/mol. The Balaban J connectivity index is 1.85. The minimum absolute atomic E-state index is 0.593. The van der Waals surface area contributed by atoms with Crippen LogP contribution in [0.25, 0.3) is 0 Å². The van der Waals surface area contributed by atoms with Crippen molar-refractivity contribution in [1.29, 1.82) is 0 Å². The first-order valence-electron chi connectivity index (χ1n) is 6.96. The van der Waals surface area contributed by atoms with Crippen LogP contribution in [-0.2, 0) is 11.3 Å². The van der Waals surface area contributed by atoms with Crippen LogP contribution in [0.15, 0.2) is 4.42 Å². The molecule has 2 rings (SSSR count). The molecule has 6 heteroatoms. The summed E-state index contributed by atoms with van der Waals surface area (Å²) in [6, 6.07) is 0.655. The van der Waals surface area contributed by atoms with E-state index in [4.69, 9.17) is 9.15 Å². The number of nitrogens with zero attached hydrogens (tertiary/aromatic N) is 3. The molecule has 1 aromatic rings. The molecule has 1 fully saturated rings. The van der Waals surface area contributed by atoms with Crippen molar-refractivity contribution in [2.24, 2.45) is 11.8 Å². The van der Waals surface area contributed by atoms with E-state index in [1.54, 1.807) is 7.11 Å². The molecule has 6 nitrogen and oxygen atoms in total. The summed E-state index contributed by atoms with van der Waals surface area (Å²) in [4.78, 5) is 2.20. The molecule has 1 aromatic heterocycles. The Hall–Kier alpha value is -1.14. The third-order valence-electron chi connectivity index (χ3n) is 3.35. The summed E-state index contributed by atoms with van der Waals surface area (Å²) >= 11 is 0. The second-order valence-electron chi connectivity index (χ2n) is 5.50. The molecule has 108 valence electrons. The zero-order valence-corrected chi connectivity index (χ0v) is 12.1. The average Bonchev–Trinajstić information content (AvgIpc) is 2.82. The van der Waals surface area contributed by atoms with Crippen molar-refractivity contribution < 1.29 is 9.15 Å². The van der Waals surface area contributed by atoms with Crippen molar-refractivity contribution in [1.82, 2.24) is 15.5 Å². The highest BCUT2D eigenvalue weighted by Gasteiger charge is 2.25. The Bertz CT molecular complexity index is 372. The molecule has 1 aliphatic heterocycles. The van der Waals surface area contributed by atoms with E-state index in [9.17, 15) is 0 Å². The number of hydrogen-bond acceptors (Lipinski definition) is 6. The molecule has 0 amide bonds. The summed E-state index contributed by atoms with van der Waals surface area (Å²) in [5.41, 5.74) is 0. The van der Waals surface area contributed by atoms with Gasteiger partial charge in [0.25, 0.3) is 0 Å². The number of ether oxygens (including phenoxy) is 1. The van der Waals surface area contributed by atoms with Crippen LogP contribution in [0.4, 0.5) is 6.01 Å². The molecule has 2 atom stereocenters. The summed E-state index contributed by atoms with van der Waals surface area (Å²) in [6.07, 6.45) is 1.27. The Labute approximate surface area is 114 Å². The highest BCUT2D eigenvalue weighted by Crippen LogP contribution is 2.25. The van der Waals surface area contributed by atoms with Crippen molar-refractivity contribution in [3.8, 4) is 0 Å². The van der Waals surface area contributed by atoms with E-state index in [2.05, 4.69) is 34.3 Å². The molecule has 0 bridgehead atoms. The largest absolute Gasteiger partial charge is 0.407 e. The molecule has 1 N–H and O–H groups in total. The SMILES string of the molecule is COCCNCc1nnc(N2CC(C)CC(C)C2)o1. The van der Waals surface area contributed by atoms with Gasteiger partial charge >= 0.3 is 6.01 Å². The summed E-state index contributed by atoms with van der Waals surface area (Å²) in [6.45, 7) is 8.61. The molecule has 0 aromatic carbocycles. The minimum atomic E-state index is 0.593. The van der Waals surface area contributed by atoms with Gasteiger partial charge in [0, 0.05) is 26.7 Å². The molecular formula is C13H24N4O2. The fourth-order valence-corrected chi connectivity index (χ4v) is 2.63. The lowest BCUT2D eigenvalue weighted by atomic mass is 9.92. The molecule has 1 saturated heterocycles. The van der Waals surface area contributed by atoms with E-state index < -0.39 is 0 Å². The first-order chi connectivity index (χ1) is 9.19. The van der Waals surface area contributed by atoms with Crippen LogP contribution in [0.3, 0.4) is 0 Å². The van der Waals surface area contributed by atoms with Gasteiger partial charge in [0.2, 0.25) is 5.89 Å². The molecule has 0 saturated carbocycles. The Morgan fingerprint density at radius 2 is 2.05 bits per heavy atom. The van der Waals surface area contributed by atoms with Crippen LogP contribution in [-0.4, -0.2) is 43.5 Å². The van der Waals surface area contributed by atoms with Crippen LogP contribution in [0, 0.1) is 11.8 Å². The molecule has 2 heterocycles. The van der Waals surface area contributed by atoms with Gasteiger partial charge in [-0.2, -0.15) is 0 Å². The lowest BCUT2D eigenvalue weighted by Gasteiger charge is -2.33. The Morgan fingerprint density at radius 3 is 2.74 bits per heavy atom. The van der Waals surface area contributed by atoms with Gasteiger partial charge in [-0.15, -0.1) is 5.10 Å². The summed E-state index contributed by atoms with van der Waals surface area (Å²) in [5.74, 6) is 2.00. The highest BCUT2D eigenvalue weighted by molar-refractivity contribution is 5.25. The number of rotatable bonds is 6. The molecule has 0 aliphatic carbocycles. The predicted molar refractivity (Wildman–Crippen MR) is 73.0 cm³/mol. The summed E-state index contributed by atoms with van der Waals surface area (Å²) < 4.78 is 10.7. The van der Waals surface area contributed by atoms with Crippen LogP contribution >= 0.6 is 0 Å². The minimum Gasteiger partial charge on any atom is -0.407 e. The van der Waals surface area contributed by atoms with E-state index >= 15 is 0 Å². The smallest absolute Gasteiger partial charge is 0.318 e. The lowest BCUT2D eigenvalue weighted by molar-refractivity contribution is 0.198. The van der Waals surface area contributed by atoms with Crippen LogP contribution in [0.2, 0.25) is 0 Å². The molecule has 19 heavy (non-hydrogen) atoms. The molecule has 0 spiro atoms. The quantitative estimate of drug-likeness (QED) is 0.784. The third-order valence-corrected chi connectivity index (χ3v) is 3.35. The Kier molecular flexibility index (Phi) is 5.15. The van der Waals surface area contributed by atoms with E-state index in [1.165, 1.54) is 6.42 Å². The van der Waals surface area contributed by atoms with Gasteiger partial charge in [-0.25, -0.2) is 0 Å². The second kappa shape index (κ2) is 6.86. The van der Waals surface area contributed by atoms with E-state index in [0.29, 0.717) is 36.9 Å². The zero-order valence-electron chi connectivity index (χ0n) is 12.1. The first kappa shape index (κ1) is 14.3. The molecular weight excluding hydrogens is 244 g/mol.